The van der Waals surface area contributed by atoms with Crippen LogP contribution in [0.4, 0.5) is 0 Å². The third kappa shape index (κ3) is 3.58. The summed E-state index contributed by atoms with van der Waals surface area (Å²) in [5.74, 6) is 7.45. The second-order valence-corrected chi connectivity index (χ2v) is 8.10. The van der Waals surface area contributed by atoms with Gasteiger partial charge in [0.05, 0.1) is 12.0 Å². The van der Waals surface area contributed by atoms with Gasteiger partial charge in [0.25, 0.3) is 0 Å². The molecule has 0 aromatic carbocycles. The van der Waals surface area contributed by atoms with Gasteiger partial charge in [-0.25, -0.2) is 0 Å². The summed E-state index contributed by atoms with van der Waals surface area (Å²) in [6, 6.07) is 0. The van der Waals surface area contributed by atoms with Crippen LogP contribution < -0.4 is 0 Å². The summed E-state index contributed by atoms with van der Waals surface area (Å²) in [6.45, 7) is 11.0. The van der Waals surface area contributed by atoms with E-state index in [1.165, 1.54) is 5.57 Å². The molecule has 0 heterocycles. The van der Waals surface area contributed by atoms with Crippen molar-refractivity contribution in [2.24, 2.45) is 16.7 Å². The summed E-state index contributed by atoms with van der Waals surface area (Å²) < 4.78 is 0. The molecule has 2 unspecified atom stereocenters. The summed E-state index contributed by atoms with van der Waals surface area (Å²) in [7, 11) is 4.03. The van der Waals surface area contributed by atoms with Crippen molar-refractivity contribution in [3.63, 3.8) is 0 Å². The van der Waals surface area contributed by atoms with Gasteiger partial charge in [0, 0.05) is 14.3 Å². The maximum Gasteiger partial charge on any atom is 0.158 e. The number of allylic oxidation sites excluding steroid dienone is 3. The minimum Gasteiger partial charge on any atom is -0.299 e. The topological polar surface area (TPSA) is 37.4 Å². The standard InChI is InChI=1S/C21H27NO2.C2H6.H2/c1-15-17-7-12-21(9-5-13-22(3)4)11-6-16(23)14-19(21)20(17,2)10-8-18(15)24;1-2;/h14,17H,1,6-8,10-13H2,2-4H3;1-2H3;1H/t17?,20-,21?;;/m0../s1. The minimum absolute atomic E-state index is 0. The first-order valence-electron chi connectivity index (χ1n) is 9.91. The number of Topliss-reactive ketones (excluding diaryl/α,β-unsaturated/α-hetero) is 1. The van der Waals surface area contributed by atoms with Gasteiger partial charge in [-0.2, -0.15) is 0 Å². The fourth-order valence-corrected chi connectivity index (χ4v) is 4.87. The molecule has 2 saturated carbocycles. The van der Waals surface area contributed by atoms with Crippen LogP contribution in [0.15, 0.2) is 23.8 Å². The molecule has 0 saturated heterocycles. The molecule has 3 aliphatic carbocycles. The second-order valence-electron chi connectivity index (χ2n) is 8.10. The second kappa shape index (κ2) is 7.92. The number of carbonyl (C=O) groups excluding carboxylic acids is 2. The highest BCUT2D eigenvalue weighted by Crippen LogP contribution is 2.62. The van der Waals surface area contributed by atoms with Crippen molar-refractivity contribution in [1.82, 2.24) is 4.90 Å². The molecule has 0 radical (unpaired) electrons. The SMILES string of the molecule is C=C1C(=O)CC[C@]2(C)C3=CC(=O)CCC3(C#CCN(C)C)CCC12.CC.[HH]. The number of fused-ring (bicyclic) bond motifs is 3. The van der Waals surface area contributed by atoms with Crippen LogP contribution in [-0.2, 0) is 9.59 Å². The van der Waals surface area contributed by atoms with Gasteiger partial charge in [-0.15, -0.1) is 0 Å². The van der Waals surface area contributed by atoms with Gasteiger partial charge >= 0.3 is 0 Å². The molecule has 3 rings (SSSR count). The van der Waals surface area contributed by atoms with Crippen LogP contribution in [0.3, 0.4) is 0 Å². The summed E-state index contributed by atoms with van der Waals surface area (Å²) in [4.78, 5) is 26.4. The summed E-state index contributed by atoms with van der Waals surface area (Å²) in [5, 5.41) is 0. The van der Waals surface area contributed by atoms with Crippen LogP contribution in [0.25, 0.3) is 0 Å². The number of ketones is 2. The normalized spacial score (nSPS) is 33.2. The number of hydrogen-bond acceptors (Lipinski definition) is 3. The lowest BCUT2D eigenvalue weighted by Gasteiger charge is -2.55. The van der Waals surface area contributed by atoms with Crippen LogP contribution in [-0.4, -0.2) is 37.1 Å². The molecule has 0 bridgehead atoms. The summed E-state index contributed by atoms with van der Waals surface area (Å²) in [5.41, 5.74) is 1.61. The highest BCUT2D eigenvalue weighted by atomic mass is 16.1. The van der Waals surface area contributed by atoms with Gasteiger partial charge in [0.15, 0.2) is 11.6 Å². The first kappa shape index (κ1) is 20.6. The van der Waals surface area contributed by atoms with E-state index in [0.717, 1.165) is 37.8 Å². The first-order valence-corrected chi connectivity index (χ1v) is 9.91. The van der Waals surface area contributed by atoms with E-state index in [9.17, 15) is 9.59 Å². The Morgan fingerprint density at radius 3 is 2.58 bits per heavy atom. The highest BCUT2D eigenvalue weighted by Gasteiger charge is 2.55. The molecule has 26 heavy (non-hydrogen) atoms. The van der Waals surface area contributed by atoms with Gasteiger partial charge < -0.3 is 0 Å². The Balaban J connectivity index is 0.00000118. The lowest BCUT2D eigenvalue weighted by molar-refractivity contribution is -0.119. The van der Waals surface area contributed by atoms with E-state index in [0.29, 0.717) is 12.8 Å². The monoisotopic (exact) mass is 357 g/mol. The van der Waals surface area contributed by atoms with Crippen molar-refractivity contribution < 1.29 is 11.0 Å². The Hall–Kier alpha value is -1.66. The van der Waals surface area contributed by atoms with E-state index in [1.807, 2.05) is 34.0 Å². The lowest BCUT2D eigenvalue weighted by Crippen LogP contribution is -2.48. The van der Waals surface area contributed by atoms with Gasteiger partial charge in [-0.1, -0.05) is 39.2 Å². The molecule has 3 aliphatic rings. The molecule has 3 nitrogen and oxygen atoms in total. The van der Waals surface area contributed by atoms with E-state index >= 15 is 0 Å². The Labute approximate surface area is 160 Å². The Kier molecular flexibility index (Phi) is 6.29. The average Bonchev–Trinajstić information content (AvgIpc) is 2.61. The lowest BCUT2D eigenvalue weighted by atomic mass is 9.48. The van der Waals surface area contributed by atoms with E-state index in [1.54, 1.807) is 0 Å². The van der Waals surface area contributed by atoms with Crippen molar-refractivity contribution in [3.8, 4) is 11.8 Å². The zero-order valence-corrected chi connectivity index (χ0v) is 17.1. The van der Waals surface area contributed by atoms with Crippen LogP contribution in [0.2, 0.25) is 0 Å². The predicted molar refractivity (Wildman–Crippen MR) is 109 cm³/mol. The molecule has 144 valence electrons. The van der Waals surface area contributed by atoms with Crippen LogP contribution in [0, 0.1) is 28.6 Å². The molecular weight excluding hydrogens is 322 g/mol. The van der Waals surface area contributed by atoms with E-state index in [4.69, 9.17) is 0 Å². The largest absolute Gasteiger partial charge is 0.299 e. The Morgan fingerprint density at radius 2 is 1.92 bits per heavy atom. The highest BCUT2D eigenvalue weighted by molar-refractivity contribution is 5.97. The average molecular weight is 358 g/mol. The van der Waals surface area contributed by atoms with Crippen molar-refractivity contribution in [2.75, 3.05) is 20.6 Å². The molecule has 0 aliphatic heterocycles. The van der Waals surface area contributed by atoms with Crippen molar-refractivity contribution in [2.45, 2.75) is 59.3 Å². The van der Waals surface area contributed by atoms with Crippen LogP contribution in [0.1, 0.15) is 60.7 Å². The maximum absolute atomic E-state index is 12.2. The predicted octanol–water partition coefficient (Wildman–Crippen LogP) is 4.43. The Bertz CT molecular complexity index is 697. The van der Waals surface area contributed by atoms with E-state index < -0.39 is 0 Å². The maximum atomic E-state index is 12.2. The number of nitrogens with zero attached hydrogens (tertiary/aromatic N) is 1. The van der Waals surface area contributed by atoms with E-state index in [2.05, 4.69) is 30.2 Å². The number of carbonyl (C=O) groups is 2. The molecule has 3 heteroatoms. The quantitative estimate of drug-likeness (QED) is 0.514. The van der Waals surface area contributed by atoms with Crippen LogP contribution >= 0.6 is 0 Å². The van der Waals surface area contributed by atoms with Crippen molar-refractivity contribution in [3.05, 3.63) is 23.8 Å². The molecule has 0 aromatic rings. The Morgan fingerprint density at radius 1 is 1.23 bits per heavy atom. The summed E-state index contributed by atoms with van der Waals surface area (Å²) in [6.07, 6.45) is 6.50. The zero-order valence-electron chi connectivity index (χ0n) is 17.1. The molecular formula is C23H35NO2. The van der Waals surface area contributed by atoms with Gasteiger partial charge in [-0.05, 0) is 68.3 Å². The fourth-order valence-electron chi connectivity index (χ4n) is 4.87. The van der Waals surface area contributed by atoms with Gasteiger partial charge in [-0.3, -0.25) is 14.5 Å². The molecule has 0 amide bonds. The number of rotatable bonds is 1. The fraction of sp³-hybridized carbons (Fsp3) is 0.652. The minimum atomic E-state index is -0.185. The zero-order chi connectivity index (χ0) is 19.5. The van der Waals surface area contributed by atoms with Crippen molar-refractivity contribution in [1.29, 1.82) is 0 Å². The van der Waals surface area contributed by atoms with Crippen molar-refractivity contribution >= 4 is 11.6 Å². The molecule has 2 fully saturated rings. The van der Waals surface area contributed by atoms with Crippen LogP contribution in [0.5, 0.6) is 0 Å². The molecule has 3 atom stereocenters. The first-order chi connectivity index (χ1) is 12.3. The molecule has 0 spiro atoms. The van der Waals surface area contributed by atoms with E-state index in [-0.39, 0.29) is 29.7 Å². The van der Waals surface area contributed by atoms with Gasteiger partial charge in [0.2, 0.25) is 0 Å². The third-order valence-corrected chi connectivity index (χ3v) is 6.24. The van der Waals surface area contributed by atoms with Gasteiger partial charge in [0.1, 0.15) is 0 Å². The third-order valence-electron chi connectivity index (χ3n) is 6.24. The molecule has 0 N–H and O–H groups in total. The molecule has 0 aromatic heterocycles. The smallest absolute Gasteiger partial charge is 0.158 e. The summed E-state index contributed by atoms with van der Waals surface area (Å²) >= 11 is 0. The number of hydrogen-bond donors (Lipinski definition) is 0.